The molecule has 28 heavy (non-hydrogen) atoms. The average Bonchev–Trinajstić information content (AvgIpc) is 3.08. The number of amides is 1. The second-order valence-corrected chi connectivity index (χ2v) is 7.70. The van der Waals surface area contributed by atoms with Gasteiger partial charge in [0.2, 0.25) is 5.17 Å². The lowest BCUT2D eigenvalue weighted by molar-refractivity contribution is -0.114. The van der Waals surface area contributed by atoms with E-state index in [2.05, 4.69) is 10.1 Å². The number of fused-ring (bicyclic) bond motifs is 1. The van der Waals surface area contributed by atoms with Gasteiger partial charge in [-0.25, -0.2) is 0 Å². The number of anilines is 1. The van der Waals surface area contributed by atoms with E-state index >= 15 is 0 Å². The number of aliphatic imine (C=N–C) groups is 1. The fourth-order valence-electron chi connectivity index (χ4n) is 2.91. The van der Waals surface area contributed by atoms with Crippen LogP contribution in [0.1, 0.15) is 11.1 Å². The third-order valence-corrected chi connectivity index (χ3v) is 5.32. The fourth-order valence-corrected chi connectivity index (χ4v) is 3.83. The van der Waals surface area contributed by atoms with Crippen molar-refractivity contribution in [2.75, 3.05) is 19.0 Å². The Hall–Kier alpha value is -3.19. The van der Waals surface area contributed by atoms with Gasteiger partial charge in [0.1, 0.15) is 5.04 Å². The molecule has 1 N–H and O–H groups in total. The number of nitrogens with zero attached hydrogens (tertiary/aromatic N) is 4. The van der Waals surface area contributed by atoms with Crippen LogP contribution >= 0.6 is 11.8 Å². The molecule has 0 saturated carbocycles. The van der Waals surface area contributed by atoms with Crippen molar-refractivity contribution in [1.82, 2.24) is 5.01 Å². The van der Waals surface area contributed by atoms with Gasteiger partial charge in [0.15, 0.2) is 5.84 Å². The van der Waals surface area contributed by atoms with E-state index in [1.165, 1.54) is 16.8 Å². The maximum absolute atomic E-state index is 12.5. The Kier molecular flexibility index (Phi) is 4.83. The third-order valence-electron chi connectivity index (χ3n) is 4.42. The van der Waals surface area contributed by atoms with Crippen molar-refractivity contribution in [2.45, 2.75) is 6.42 Å². The molecule has 0 radical (unpaired) electrons. The molecule has 0 bridgehead atoms. The number of amidine groups is 2. The first kappa shape index (κ1) is 18.2. The molecule has 2 heterocycles. The normalized spacial score (nSPS) is 17.5. The lowest BCUT2D eigenvalue weighted by Crippen LogP contribution is -2.35. The fraction of sp³-hybridized carbons (Fsp3) is 0.143. The van der Waals surface area contributed by atoms with Crippen molar-refractivity contribution in [3.63, 3.8) is 0 Å². The van der Waals surface area contributed by atoms with E-state index < -0.39 is 5.91 Å². The number of hydrogen-bond acceptors (Lipinski definition) is 5. The molecule has 1 amide bonds. The molecule has 2 aromatic rings. The van der Waals surface area contributed by atoms with Crippen molar-refractivity contribution in [3.05, 3.63) is 71.3 Å². The Morgan fingerprint density at radius 3 is 2.50 bits per heavy atom. The van der Waals surface area contributed by atoms with Crippen LogP contribution in [0.25, 0.3) is 6.08 Å². The Balaban J connectivity index is 1.58. The maximum atomic E-state index is 12.5. The molecule has 0 aromatic heterocycles. The van der Waals surface area contributed by atoms with Crippen LogP contribution in [0.15, 0.2) is 70.3 Å². The number of benzene rings is 2. The predicted molar refractivity (Wildman–Crippen MR) is 116 cm³/mol. The average molecular weight is 389 g/mol. The Bertz CT molecular complexity index is 1020. The van der Waals surface area contributed by atoms with E-state index in [1.54, 1.807) is 6.08 Å². The lowest BCUT2D eigenvalue weighted by Gasteiger charge is -2.20. The van der Waals surface area contributed by atoms with E-state index in [0.29, 0.717) is 11.6 Å². The molecule has 4 rings (SSSR count). The molecule has 2 aliphatic rings. The summed E-state index contributed by atoms with van der Waals surface area (Å²) in [5.74, 6) is -0.348. The van der Waals surface area contributed by atoms with Gasteiger partial charge in [-0.1, -0.05) is 42.5 Å². The zero-order valence-electron chi connectivity index (χ0n) is 15.6. The van der Waals surface area contributed by atoms with Crippen molar-refractivity contribution in [1.29, 1.82) is 5.41 Å². The second kappa shape index (κ2) is 7.44. The summed E-state index contributed by atoms with van der Waals surface area (Å²) in [5, 5.41) is 15.7. The molecule has 2 aliphatic heterocycles. The summed E-state index contributed by atoms with van der Waals surface area (Å²) < 4.78 is 0. The van der Waals surface area contributed by atoms with Gasteiger partial charge in [0.25, 0.3) is 5.91 Å². The maximum Gasteiger partial charge on any atom is 0.283 e. The number of thioether (sulfide) groups is 1. The second-order valence-electron chi connectivity index (χ2n) is 6.66. The highest BCUT2D eigenvalue weighted by Crippen LogP contribution is 2.29. The summed E-state index contributed by atoms with van der Waals surface area (Å²) in [7, 11) is 3.94. The van der Waals surface area contributed by atoms with E-state index in [1.807, 2.05) is 73.6 Å². The van der Waals surface area contributed by atoms with Gasteiger partial charge >= 0.3 is 0 Å². The van der Waals surface area contributed by atoms with Gasteiger partial charge in [-0.15, -0.1) is 0 Å². The van der Waals surface area contributed by atoms with Gasteiger partial charge in [-0.2, -0.15) is 15.1 Å². The van der Waals surface area contributed by atoms with E-state index in [-0.39, 0.29) is 11.4 Å². The van der Waals surface area contributed by atoms with Crippen LogP contribution in [0.5, 0.6) is 0 Å². The van der Waals surface area contributed by atoms with E-state index in [0.717, 1.165) is 21.9 Å². The zero-order valence-corrected chi connectivity index (χ0v) is 16.4. The van der Waals surface area contributed by atoms with Crippen molar-refractivity contribution < 1.29 is 4.79 Å². The molecule has 2 aromatic carbocycles. The summed E-state index contributed by atoms with van der Waals surface area (Å²) in [4.78, 5) is 18.6. The number of hydrazone groups is 1. The smallest absolute Gasteiger partial charge is 0.283 e. The number of carbonyl (C=O) groups is 1. The molecular weight excluding hydrogens is 370 g/mol. The van der Waals surface area contributed by atoms with Crippen LogP contribution in [-0.4, -0.2) is 41.1 Å². The van der Waals surface area contributed by atoms with Crippen LogP contribution in [-0.2, 0) is 11.2 Å². The molecule has 0 aliphatic carbocycles. The topological polar surface area (TPSA) is 72.1 Å². The quantitative estimate of drug-likeness (QED) is 0.811. The molecule has 0 fully saturated rings. The van der Waals surface area contributed by atoms with Crippen molar-refractivity contribution in [2.24, 2.45) is 10.1 Å². The first-order valence-corrected chi connectivity index (χ1v) is 9.63. The SMILES string of the molecule is CN(C)c1ccc(/C=C2\C(=N)N3N=C(Cc4ccccc4)SC3=NC2=O)cc1. The first-order chi connectivity index (χ1) is 13.5. The standard InChI is InChI=1S/C21H19N5OS/c1-25(2)16-10-8-15(9-11-16)12-17-19(22)26-21(23-20(17)27)28-18(24-26)13-14-6-4-3-5-7-14/h3-12,22H,13H2,1-2H3/b17-12+,22-19?. The van der Waals surface area contributed by atoms with Crippen molar-refractivity contribution >= 4 is 45.5 Å². The van der Waals surface area contributed by atoms with E-state index in [4.69, 9.17) is 5.41 Å². The molecule has 7 heteroatoms. The molecule has 0 spiro atoms. The summed E-state index contributed by atoms with van der Waals surface area (Å²) in [6.07, 6.45) is 2.34. The van der Waals surface area contributed by atoms with Crippen molar-refractivity contribution in [3.8, 4) is 0 Å². The minimum Gasteiger partial charge on any atom is -0.378 e. The Labute approximate surface area is 167 Å². The molecule has 0 saturated heterocycles. The van der Waals surface area contributed by atoms with Gasteiger partial charge in [-0.3, -0.25) is 10.2 Å². The van der Waals surface area contributed by atoms with Crippen LogP contribution in [0, 0.1) is 5.41 Å². The summed E-state index contributed by atoms with van der Waals surface area (Å²) >= 11 is 1.34. The Morgan fingerprint density at radius 1 is 1.11 bits per heavy atom. The van der Waals surface area contributed by atoms with Crippen LogP contribution in [0.2, 0.25) is 0 Å². The molecule has 6 nitrogen and oxygen atoms in total. The zero-order chi connectivity index (χ0) is 19.7. The summed E-state index contributed by atoms with van der Waals surface area (Å²) in [6, 6.07) is 17.8. The number of rotatable bonds is 4. The number of carbonyl (C=O) groups excluding carboxylic acids is 1. The van der Waals surface area contributed by atoms with Gasteiger partial charge in [0.05, 0.1) is 5.57 Å². The van der Waals surface area contributed by atoms with Crippen LogP contribution in [0.4, 0.5) is 5.69 Å². The summed E-state index contributed by atoms with van der Waals surface area (Å²) in [6.45, 7) is 0. The summed E-state index contributed by atoms with van der Waals surface area (Å²) in [5.41, 5.74) is 3.28. The highest BCUT2D eigenvalue weighted by Gasteiger charge is 2.35. The highest BCUT2D eigenvalue weighted by molar-refractivity contribution is 8.26. The minimum atomic E-state index is -0.406. The van der Waals surface area contributed by atoms with Crippen LogP contribution < -0.4 is 4.90 Å². The molecular formula is C21H19N5OS. The number of nitrogens with one attached hydrogen (secondary N) is 1. The highest BCUT2D eigenvalue weighted by atomic mass is 32.2. The van der Waals surface area contributed by atoms with Gasteiger partial charge < -0.3 is 4.90 Å². The van der Waals surface area contributed by atoms with E-state index in [9.17, 15) is 4.79 Å². The lowest BCUT2D eigenvalue weighted by atomic mass is 10.1. The third kappa shape index (κ3) is 3.61. The van der Waals surface area contributed by atoms with Gasteiger partial charge in [0, 0.05) is 26.2 Å². The Morgan fingerprint density at radius 2 is 1.82 bits per heavy atom. The predicted octanol–water partition coefficient (Wildman–Crippen LogP) is 3.61. The first-order valence-electron chi connectivity index (χ1n) is 8.81. The molecule has 0 unspecified atom stereocenters. The largest absolute Gasteiger partial charge is 0.378 e. The van der Waals surface area contributed by atoms with Crippen LogP contribution in [0.3, 0.4) is 0 Å². The van der Waals surface area contributed by atoms with Gasteiger partial charge in [-0.05, 0) is 41.1 Å². The minimum absolute atomic E-state index is 0.0576. The molecule has 0 atom stereocenters. The molecule has 140 valence electrons. The number of hydrogen-bond donors (Lipinski definition) is 1. The monoisotopic (exact) mass is 389 g/mol.